The first-order chi connectivity index (χ1) is 4.81. The minimum absolute atomic E-state index is 0.400. The Morgan fingerprint density at radius 2 is 2.30 bits per heavy atom. The molecule has 2 rings (SSSR count). The van der Waals surface area contributed by atoms with Crippen molar-refractivity contribution >= 4 is 5.78 Å². The van der Waals surface area contributed by atoms with Crippen molar-refractivity contribution in [3.05, 3.63) is 0 Å². The van der Waals surface area contributed by atoms with E-state index in [0.29, 0.717) is 11.2 Å². The number of nitrogens with one attached hydrogen (secondary N) is 1. The van der Waals surface area contributed by atoms with Gasteiger partial charge in [0, 0.05) is 19.4 Å². The molecule has 1 spiro atoms. The van der Waals surface area contributed by atoms with Crippen molar-refractivity contribution in [3.63, 3.8) is 0 Å². The molecule has 2 nitrogen and oxygen atoms in total. The summed E-state index contributed by atoms with van der Waals surface area (Å²) in [6, 6.07) is 0. The fraction of sp³-hybridized carbons (Fsp3) is 0.875. The van der Waals surface area contributed by atoms with Crippen LogP contribution in [0.3, 0.4) is 0 Å². The fourth-order valence-electron chi connectivity index (χ4n) is 2.16. The predicted octanol–water partition coefficient (Wildman–Crippen LogP) is 0.719. The van der Waals surface area contributed by atoms with Crippen LogP contribution in [0.2, 0.25) is 0 Å². The number of rotatable bonds is 0. The standard InChI is InChI=1S/C8H13NO/c10-7-1-2-8(5-7)3-4-9-6-8/h9H,1-6H2. The molecule has 0 amide bonds. The zero-order chi connectivity index (χ0) is 7.03. The van der Waals surface area contributed by atoms with Gasteiger partial charge in [-0.2, -0.15) is 0 Å². The molecule has 1 saturated heterocycles. The van der Waals surface area contributed by atoms with E-state index in [1.165, 1.54) is 6.42 Å². The Morgan fingerprint density at radius 3 is 2.80 bits per heavy atom. The van der Waals surface area contributed by atoms with E-state index in [-0.39, 0.29) is 0 Å². The van der Waals surface area contributed by atoms with Crippen molar-refractivity contribution in [2.45, 2.75) is 25.7 Å². The van der Waals surface area contributed by atoms with Crippen LogP contribution in [0, 0.1) is 5.41 Å². The van der Waals surface area contributed by atoms with Crippen LogP contribution in [-0.2, 0) is 4.79 Å². The molecule has 1 aliphatic carbocycles. The molecular formula is C8H13NO. The molecule has 10 heavy (non-hydrogen) atoms. The topological polar surface area (TPSA) is 29.1 Å². The van der Waals surface area contributed by atoms with Crippen molar-refractivity contribution in [2.75, 3.05) is 13.1 Å². The van der Waals surface area contributed by atoms with Gasteiger partial charge in [-0.05, 0) is 24.8 Å². The quantitative estimate of drug-likeness (QED) is 0.535. The summed E-state index contributed by atoms with van der Waals surface area (Å²) in [4.78, 5) is 11.0. The Balaban J connectivity index is 2.09. The summed E-state index contributed by atoms with van der Waals surface area (Å²) >= 11 is 0. The van der Waals surface area contributed by atoms with E-state index in [1.807, 2.05) is 0 Å². The molecule has 0 radical (unpaired) electrons. The first-order valence-corrected chi connectivity index (χ1v) is 4.03. The van der Waals surface area contributed by atoms with Crippen LogP contribution in [-0.4, -0.2) is 18.9 Å². The average Bonchev–Trinajstić information content (AvgIpc) is 2.46. The summed E-state index contributed by atoms with van der Waals surface area (Å²) in [5.41, 5.74) is 0.400. The highest BCUT2D eigenvalue weighted by Crippen LogP contribution is 2.40. The van der Waals surface area contributed by atoms with Gasteiger partial charge in [-0.3, -0.25) is 4.79 Å². The van der Waals surface area contributed by atoms with E-state index in [1.54, 1.807) is 0 Å². The number of carbonyl (C=O) groups excluding carboxylic acids is 1. The molecule has 1 unspecified atom stereocenters. The first-order valence-electron chi connectivity index (χ1n) is 4.03. The maximum atomic E-state index is 11.0. The molecule has 56 valence electrons. The van der Waals surface area contributed by atoms with Crippen LogP contribution in [0.15, 0.2) is 0 Å². The normalized spacial score (nSPS) is 39.8. The van der Waals surface area contributed by atoms with E-state index < -0.39 is 0 Å². The molecule has 0 aromatic carbocycles. The highest BCUT2D eigenvalue weighted by atomic mass is 16.1. The molecule has 1 heterocycles. The minimum atomic E-state index is 0.400. The summed E-state index contributed by atoms with van der Waals surface area (Å²) < 4.78 is 0. The zero-order valence-corrected chi connectivity index (χ0v) is 6.15. The van der Waals surface area contributed by atoms with Crippen LogP contribution in [0.5, 0.6) is 0 Å². The predicted molar refractivity (Wildman–Crippen MR) is 38.8 cm³/mol. The van der Waals surface area contributed by atoms with Gasteiger partial charge in [-0.1, -0.05) is 0 Å². The lowest BCUT2D eigenvalue weighted by atomic mass is 9.86. The van der Waals surface area contributed by atoms with E-state index >= 15 is 0 Å². The summed E-state index contributed by atoms with van der Waals surface area (Å²) in [5.74, 6) is 0.476. The second kappa shape index (κ2) is 2.06. The molecule has 1 saturated carbocycles. The van der Waals surface area contributed by atoms with Gasteiger partial charge in [0.1, 0.15) is 5.78 Å². The summed E-state index contributed by atoms with van der Waals surface area (Å²) in [5, 5.41) is 3.32. The van der Waals surface area contributed by atoms with Gasteiger partial charge >= 0.3 is 0 Å². The van der Waals surface area contributed by atoms with Gasteiger partial charge in [-0.25, -0.2) is 0 Å². The Morgan fingerprint density at radius 1 is 1.40 bits per heavy atom. The Kier molecular flexibility index (Phi) is 1.31. The van der Waals surface area contributed by atoms with Crippen LogP contribution >= 0.6 is 0 Å². The molecule has 2 heteroatoms. The Hall–Kier alpha value is -0.370. The fourth-order valence-corrected chi connectivity index (χ4v) is 2.16. The van der Waals surface area contributed by atoms with Gasteiger partial charge in [-0.15, -0.1) is 0 Å². The lowest BCUT2D eigenvalue weighted by Gasteiger charge is -2.18. The van der Waals surface area contributed by atoms with Gasteiger partial charge in [0.25, 0.3) is 0 Å². The zero-order valence-electron chi connectivity index (χ0n) is 6.15. The lowest BCUT2D eigenvalue weighted by Crippen LogP contribution is -2.20. The molecular weight excluding hydrogens is 126 g/mol. The van der Waals surface area contributed by atoms with Gasteiger partial charge in [0.2, 0.25) is 0 Å². The largest absolute Gasteiger partial charge is 0.316 e. The number of Topliss-reactive ketones (excluding diaryl/α,β-unsaturated/α-hetero) is 1. The summed E-state index contributed by atoms with van der Waals surface area (Å²) in [7, 11) is 0. The molecule has 1 aliphatic heterocycles. The van der Waals surface area contributed by atoms with Gasteiger partial charge in [0.15, 0.2) is 0 Å². The van der Waals surface area contributed by atoms with E-state index in [9.17, 15) is 4.79 Å². The number of ketones is 1. The molecule has 0 aromatic rings. The Bertz CT molecular complexity index is 159. The lowest BCUT2D eigenvalue weighted by molar-refractivity contribution is -0.117. The average molecular weight is 139 g/mol. The van der Waals surface area contributed by atoms with Crippen LogP contribution in [0.4, 0.5) is 0 Å². The van der Waals surface area contributed by atoms with E-state index in [0.717, 1.165) is 32.4 Å². The maximum Gasteiger partial charge on any atom is 0.133 e. The van der Waals surface area contributed by atoms with Crippen molar-refractivity contribution in [2.24, 2.45) is 5.41 Å². The van der Waals surface area contributed by atoms with Crippen molar-refractivity contribution in [1.82, 2.24) is 5.32 Å². The smallest absolute Gasteiger partial charge is 0.133 e. The SMILES string of the molecule is O=C1CCC2(CCNC2)C1. The van der Waals surface area contributed by atoms with Crippen molar-refractivity contribution in [3.8, 4) is 0 Å². The third-order valence-corrected chi connectivity index (χ3v) is 2.84. The molecule has 2 aliphatic rings. The second-order valence-electron chi connectivity index (χ2n) is 3.64. The summed E-state index contributed by atoms with van der Waals surface area (Å²) in [6.07, 6.45) is 4.04. The van der Waals surface area contributed by atoms with Gasteiger partial charge in [0.05, 0.1) is 0 Å². The molecule has 1 N–H and O–H groups in total. The third-order valence-electron chi connectivity index (χ3n) is 2.84. The van der Waals surface area contributed by atoms with E-state index in [4.69, 9.17) is 0 Å². The number of carbonyl (C=O) groups is 1. The first kappa shape index (κ1) is 6.35. The molecule has 0 aromatic heterocycles. The number of hydrogen-bond acceptors (Lipinski definition) is 2. The Labute approximate surface area is 61.0 Å². The van der Waals surface area contributed by atoms with Crippen molar-refractivity contribution in [1.29, 1.82) is 0 Å². The summed E-state index contributed by atoms with van der Waals surface area (Å²) in [6.45, 7) is 2.20. The molecule has 1 atom stereocenters. The highest BCUT2D eigenvalue weighted by molar-refractivity contribution is 5.81. The van der Waals surface area contributed by atoms with Gasteiger partial charge < -0.3 is 5.32 Å². The highest BCUT2D eigenvalue weighted by Gasteiger charge is 2.40. The maximum absolute atomic E-state index is 11.0. The van der Waals surface area contributed by atoms with Crippen LogP contribution in [0.25, 0.3) is 0 Å². The van der Waals surface area contributed by atoms with Crippen molar-refractivity contribution < 1.29 is 4.79 Å². The van der Waals surface area contributed by atoms with Crippen LogP contribution < -0.4 is 5.32 Å². The molecule has 2 fully saturated rings. The second-order valence-corrected chi connectivity index (χ2v) is 3.64. The van der Waals surface area contributed by atoms with E-state index in [2.05, 4.69) is 5.32 Å². The molecule has 0 bridgehead atoms. The number of hydrogen-bond donors (Lipinski definition) is 1. The minimum Gasteiger partial charge on any atom is -0.316 e. The monoisotopic (exact) mass is 139 g/mol. The van der Waals surface area contributed by atoms with Crippen LogP contribution in [0.1, 0.15) is 25.7 Å². The third kappa shape index (κ3) is 0.870.